The zero-order chi connectivity index (χ0) is 8.97. The molecule has 0 aromatic heterocycles. The number of hydrogen-bond donors (Lipinski definition) is 0. The molecule has 1 aromatic carbocycles. The quantitative estimate of drug-likeness (QED) is 0.553. The van der Waals surface area contributed by atoms with Gasteiger partial charge in [-0.05, 0) is 48.6 Å². The van der Waals surface area contributed by atoms with Crippen molar-refractivity contribution in [2.24, 2.45) is 0 Å². The molecule has 0 N–H and O–H groups in total. The van der Waals surface area contributed by atoms with Crippen LogP contribution in [0.25, 0.3) is 0 Å². The Hall–Kier alpha value is -0.120. The molecule has 0 heterocycles. The van der Waals surface area contributed by atoms with Gasteiger partial charge in [-0.15, -0.1) is 11.8 Å². The van der Waals surface area contributed by atoms with Gasteiger partial charge in [0.05, 0.1) is 0 Å². The lowest BCUT2D eigenvalue weighted by molar-refractivity contribution is 0.596. The van der Waals surface area contributed by atoms with E-state index in [1.807, 2.05) is 37.4 Å². The Morgan fingerprint density at radius 2 is 1.92 bits per heavy atom. The topological polar surface area (TPSA) is 23.1 Å². The van der Waals surface area contributed by atoms with Gasteiger partial charge in [-0.1, -0.05) is 0 Å². The first-order chi connectivity index (χ1) is 5.77. The zero-order valence-corrected chi connectivity index (χ0v) is 8.87. The fraction of sp³-hybridized carbons (Fsp3) is 0.333. The second kappa shape index (κ2) is 4.80. The molecular formula is C9H12OS2. The van der Waals surface area contributed by atoms with Gasteiger partial charge >= 0.3 is 0 Å². The lowest BCUT2D eigenvalue weighted by Gasteiger charge is -2.07. The largest absolute Gasteiger partial charge is 0.611 e. The van der Waals surface area contributed by atoms with E-state index in [1.54, 1.807) is 11.8 Å². The van der Waals surface area contributed by atoms with Gasteiger partial charge in [-0.25, -0.2) is 0 Å². The molecular weight excluding hydrogens is 188 g/mol. The summed E-state index contributed by atoms with van der Waals surface area (Å²) in [5.41, 5.74) is 0. The normalized spacial score (nSPS) is 12.9. The van der Waals surface area contributed by atoms with E-state index in [0.29, 0.717) is 5.75 Å². The first kappa shape index (κ1) is 9.96. The summed E-state index contributed by atoms with van der Waals surface area (Å²) in [5, 5.41) is 0. The van der Waals surface area contributed by atoms with E-state index >= 15 is 0 Å². The van der Waals surface area contributed by atoms with Crippen LogP contribution in [0.1, 0.15) is 6.92 Å². The molecule has 1 atom stereocenters. The molecule has 0 bridgehead atoms. The summed E-state index contributed by atoms with van der Waals surface area (Å²) >= 11 is 0.888. The first-order valence-corrected chi connectivity index (χ1v) is 6.34. The van der Waals surface area contributed by atoms with E-state index in [9.17, 15) is 4.55 Å². The van der Waals surface area contributed by atoms with Gasteiger partial charge in [0.2, 0.25) is 0 Å². The highest BCUT2D eigenvalue weighted by molar-refractivity contribution is 7.98. The summed E-state index contributed by atoms with van der Waals surface area (Å²) in [5.74, 6) is 0.693. The Morgan fingerprint density at radius 3 is 2.33 bits per heavy atom. The molecule has 66 valence electrons. The highest BCUT2D eigenvalue weighted by atomic mass is 32.2. The average Bonchev–Trinajstić information content (AvgIpc) is 2.17. The fourth-order valence-electron chi connectivity index (χ4n) is 0.894. The Kier molecular flexibility index (Phi) is 3.98. The summed E-state index contributed by atoms with van der Waals surface area (Å²) in [4.78, 5) is 2.14. The summed E-state index contributed by atoms with van der Waals surface area (Å²) in [7, 11) is 0. The van der Waals surface area contributed by atoms with Crippen LogP contribution in [0, 0.1) is 0 Å². The van der Waals surface area contributed by atoms with Crippen molar-refractivity contribution in [2.75, 3.05) is 12.0 Å². The minimum atomic E-state index is -0.810. The zero-order valence-electron chi connectivity index (χ0n) is 7.24. The Balaban J connectivity index is 2.77. The number of hydrogen-bond acceptors (Lipinski definition) is 2. The second-order valence-electron chi connectivity index (χ2n) is 2.31. The van der Waals surface area contributed by atoms with E-state index in [-0.39, 0.29) is 0 Å². The lowest BCUT2D eigenvalue weighted by Crippen LogP contribution is -2.02. The van der Waals surface area contributed by atoms with Crippen molar-refractivity contribution >= 4 is 22.9 Å². The van der Waals surface area contributed by atoms with Gasteiger partial charge in [-0.3, -0.25) is 0 Å². The molecule has 0 fully saturated rings. The molecule has 0 radical (unpaired) electrons. The third-order valence-corrected chi connectivity index (χ3v) is 3.65. The van der Waals surface area contributed by atoms with Crippen LogP contribution in [0.5, 0.6) is 0 Å². The van der Waals surface area contributed by atoms with Crippen molar-refractivity contribution in [3.8, 4) is 0 Å². The molecule has 1 rings (SSSR count). The highest BCUT2D eigenvalue weighted by Gasteiger charge is 2.05. The van der Waals surface area contributed by atoms with E-state index in [0.717, 1.165) is 4.90 Å². The van der Waals surface area contributed by atoms with E-state index < -0.39 is 11.2 Å². The molecule has 1 aromatic rings. The molecule has 0 aliphatic carbocycles. The standard InChI is InChI=1S/C9H12OS2/c1-3-12(10)9-6-4-8(11-2)5-7-9/h4-7H,3H2,1-2H3. The SMILES string of the molecule is CC[S+]([O-])c1ccc(SC)cc1. The van der Waals surface area contributed by atoms with Crippen LogP contribution in [0.15, 0.2) is 34.1 Å². The van der Waals surface area contributed by atoms with Crippen LogP contribution in [0.4, 0.5) is 0 Å². The van der Waals surface area contributed by atoms with E-state index in [2.05, 4.69) is 0 Å². The predicted molar refractivity (Wildman–Crippen MR) is 55.2 cm³/mol. The fourth-order valence-corrected chi connectivity index (χ4v) is 2.08. The smallest absolute Gasteiger partial charge is 0.152 e. The molecule has 0 saturated heterocycles. The van der Waals surface area contributed by atoms with Gasteiger partial charge in [-0.2, -0.15) is 0 Å². The predicted octanol–water partition coefficient (Wildman–Crippen LogP) is 2.54. The van der Waals surface area contributed by atoms with Crippen LogP contribution in [0.3, 0.4) is 0 Å². The van der Waals surface area contributed by atoms with Gasteiger partial charge in [0.25, 0.3) is 0 Å². The first-order valence-electron chi connectivity index (χ1n) is 3.80. The summed E-state index contributed by atoms with van der Waals surface area (Å²) in [6.07, 6.45) is 2.03. The van der Waals surface area contributed by atoms with Gasteiger partial charge in [0.1, 0.15) is 5.75 Å². The molecule has 3 heteroatoms. The van der Waals surface area contributed by atoms with Crippen LogP contribution in [-0.2, 0) is 11.2 Å². The molecule has 0 aliphatic heterocycles. The third-order valence-electron chi connectivity index (χ3n) is 1.58. The van der Waals surface area contributed by atoms with Crippen molar-refractivity contribution in [1.82, 2.24) is 0 Å². The van der Waals surface area contributed by atoms with Crippen molar-refractivity contribution in [2.45, 2.75) is 16.7 Å². The van der Waals surface area contributed by atoms with Crippen LogP contribution < -0.4 is 0 Å². The number of thioether (sulfide) groups is 1. The Morgan fingerprint density at radius 1 is 1.33 bits per heavy atom. The monoisotopic (exact) mass is 200 g/mol. The average molecular weight is 200 g/mol. The van der Waals surface area contributed by atoms with Gasteiger partial charge in [0, 0.05) is 4.90 Å². The lowest BCUT2D eigenvalue weighted by atomic mass is 10.4. The molecule has 0 aliphatic rings. The maximum absolute atomic E-state index is 11.3. The van der Waals surface area contributed by atoms with Crippen LogP contribution in [0.2, 0.25) is 0 Å². The molecule has 12 heavy (non-hydrogen) atoms. The Labute approximate surface area is 80.7 Å². The van der Waals surface area contributed by atoms with Gasteiger partial charge in [0.15, 0.2) is 4.90 Å². The van der Waals surface area contributed by atoms with Crippen molar-refractivity contribution in [1.29, 1.82) is 0 Å². The minimum Gasteiger partial charge on any atom is -0.611 e. The van der Waals surface area contributed by atoms with Crippen LogP contribution in [-0.4, -0.2) is 16.6 Å². The molecule has 1 unspecified atom stereocenters. The van der Waals surface area contributed by atoms with Crippen LogP contribution >= 0.6 is 11.8 Å². The molecule has 0 spiro atoms. The minimum absolute atomic E-state index is 0.693. The Bertz CT molecular complexity index is 233. The maximum Gasteiger partial charge on any atom is 0.152 e. The third kappa shape index (κ3) is 2.44. The summed E-state index contributed by atoms with van der Waals surface area (Å²) < 4.78 is 11.3. The highest BCUT2D eigenvalue weighted by Crippen LogP contribution is 2.18. The maximum atomic E-state index is 11.3. The van der Waals surface area contributed by atoms with Crippen molar-refractivity contribution in [3.63, 3.8) is 0 Å². The molecule has 0 amide bonds. The van der Waals surface area contributed by atoms with Crippen molar-refractivity contribution in [3.05, 3.63) is 24.3 Å². The van der Waals surface area contributed by atoms with Crippen molar-refractivity contribution < 1.29 is 4.55 Å². The van der Waals surface area contributed by atoms with E-state index in [1.165, 1.54) is 4.90 Å². The molecule has 1 nitrogen and oxygen atoms in total. The summed E-state index contributed by atoms with van der Waals surface area (Å²) in [6, 6.07) is 7.89. The number of benzene rings is 1. The van der Waals surface area contributed by atoms with E-state index in [4.69, 9.17) is 0 Å². The molecule has 0 saturated carbocycles. The van der Waals surface area contributed by atoms with Gasteiger partial charge < -0.3 is 4.55 Å². The second-order valence-corrected chi connectivity index (χ2v) is 4.93. The summed E-state index contributed by atoms with van der Waals surface area (Å²) in [6.45, 7) is 1.93. The number of rotatable bonds is 3.